The summed E-state index contributed by atoms with van der Waals surface area (Å²) in [5, 5.41) is 0. The van der Waals surface area contributed by atoms with E-state index in [4.69, 9.17) is 13.7 Å². The molecule has 0 spiro atoms. The Morgan fingerprint density at radius 3 is 2.44 bits per heavy atom. The topological polar surface area (TPSA) is 59.7 Å². The van der Waals surface area contributed by atoms with Crippen LogP contribution in [0.25, 0.3) is 0 Å². The largest absolute Gasteiger partial charge is 0.486 e. The number of ether oxygens (including phenoxy) is 1. The lowest BCUT2D eigenvalue weighted by atomic mass is 10.3. The summed E-state index contributed by atoms with van der Waals surface area (Å²) in [4.78, 5) is 0.354. The highest BCUT2D eigenvalue weighted by molar-refractivity contribution is 7.79. The van der Waals surface area contributed by atoms with E-state index in [2.05, 4.69) is 0 Å². The van der Waals surface area contributed by atoms with Gasteiger partial charge in [0.05, 0.1) is 4.90 Å². The summed E-state index contributed by atoms with van der Waals surface area (Å²) in [5.74, 6) is 2.29. The summed E-state index contributed by atoms with van der Waals surface area (Å²) in [6.45, 7) is 4.23. The van der Waals surface area contributed by atoms with Crippen LogP contribution in [0, 0.1) is 13.8 Å². The summed E-state index contributed by atoms with van der Waals surface area (Å²) in [6, 6.07) is 8.37. The van der Waals surface area contributed by atoms with Crippen molar-refractivity contribution >= 4 is 11.1 Å². The maximum Gasteiger partial charge on any atom is 0.186 e. The average molecular weight is 266 g/mol. The van der Waals surface area contributed by atoms with Gasteiger partial charge in [0.2, 0.25) is 0 Å². The normalized spacial score (nSPS) is 12.4. The SMILES string of the molecule is Cc1cc(COc2ccc(S(=O)O)cc2)oc1C. The lowest BCUT2D eigenvalue weighted by Crippen LogP contribution is -1.94. The zero-order valence-corrected chi connectivity index (χ0v) is 11.0. The minimum Gasteiger partial charge on any atom is -0.486 e. The van der Waals surface area contributed by atoms with Gasteiger partial charge in [0.1, 0.15) is 23.9 Å². The van der Waals surface area contributed by atoms with Crippen molar-refractivity contribution in [3.63, 3.8) is 0 Å². The average Bonchev–Trinajstić information content (AvgIpc) is 2.67. The first kappa shape index (κ1) is 12.9. The summed E-state index contributed by atoms with van der Waals surface area (Å²) < 4.78 is 30.7. The molecule has 1 aromatic carbocycles. The Labute approximate surface area is 108 Å². The molecule has 0 aliphatic rings. The second kappa shape index (κ2) is 5.37. The Kier molecular flexibility index (Phi) is 3.84. The zero-order valence-electron chi connectivity index (χ0n) is 10.2. The van der Waals surface area contributed by atoms with Crippen molar-refractivity contribution in [2.45, 2.75) is 25.3 Å². The van der Waals surface area contributed by atoms with Gasteiger partial charge in [-0.15, -0.1) is 0 Å². The van der Waals surface area contributed by atoms with Crippen LogP contribution in [-0.2, 0) is 17.7 Å². The second-order valence-electron chi connectivity index (χ2n) is 3.96. The Hall–Kier alpha value is -1.59. The summed E-state index contributed by atoms with van der Waals surface area (Å²) in [5.41, 5.74) is 1.10. The van der Waals surface area contributed by atoms with E-state index in [1.807, 2.05) is 19.9 Å². The van der Waals surface area contributed by atoms with Gasteiger partial charge in [-0.2, -0.15) is 0 Å². The first-order chi connectivity index (χ1) is 8.56. The Morgan fingerprint density at radius 2 is 1.94 bits per heavy atom. The Morgan fingerprint density at radius 1 is 1.28 bits per heavy atom. The van der Waals surface area contributed by atoms with Crippen molar-refractivity contribution < 1.29 is 17.9 Å². The molecule has 1 heterocycles. The quantitative estimate of drug-likeness (QED) is 0.864. The third-order valence-corrected chi connectivity index (χ3v) is 3.30. The van der Waals surface area contributed by atoms with Crippen molar-refractivity contribution in [2.24, 2.45) is 0 Å². The molecule has 1 atom stereocenters. The summed E-state index contributed by atoms with van der Waals surface area (Å²) >= 11 is -1.95. The van der Waals surface area contributed by atoms with E-state index >= 15 is 0 Å². The molecule has 2 aromatic rings. The molecule has 0 fully saturated rings. The van der Waals surface area contributed by atoms with Gasteiger partial charge in [0.15, 0.2) is 11.1 Å². The maximum absolute atomic E-state index is 10.8. The van der Waals surface area contributed by atoms with Crippen molar-refractivity contribution in [3.8, 4) is 5.75 Å². The molecule has 0 saturated carbocycles. The smallest absolute Gasteiger partial charge is 0.186 e. The molecule has 1 N–H and O–H groups in total. The highest BCUT2D eigenvalue weighted by Crippen LogP contribution is 2.18. The van der Waals surface area contributed by atoms with Crippen LogP contribution >= 0.6 is 0 Å². The van der Waals surface area contributed by atoms with Gasteiger partial charge in [-0.3, -0.25) is 0 Å². The van der Waals surface area contributed by atoms with Gasteiger partial charge in [-0.1, -0.05) is 0 Å². The molecular weight excluding hydrogens is 252 g/mol. The third kappa shape index (κ3) is 3.00. The van der Waals surface area contributed by atoms with Crippen molar-refractivity contribution in [1.29, 1.82) is 0 Å². The van der Waals surface area contributed by atoms with Crippen LogP contribution in [0.5, 0.6) is 5.75 Å². The number of hydrogen-bond donors (Lipinski definition) is 1. The van der Waals surface area contributed by atoms with Gasteiger partial charge in [0.25, 0.3) is 0 Å². The molecule has 0 bridgehead atoms. The Bertz CT molecular complexity index is 537. The van der Waals surface area contributed by atoms with E-state index in [1.165, 1.54) is 0 Å². The molecule has 4 nitrogen and oxygen atoms in total. The molecular formula is C13H14O4S. The van der Waals surface area contributed by atoms with Crippen LogP contribution in [-0.4, -0.2) is 8.76 Å². The van der Waals surface area contributed by atoms with E-state index in [1.54, 1.807) is 24.3 Å². The Balaban J connectivity index is 2.00. The number of rotatable bonds is 4. The van der Waals surface area contributed by atoms with Crippen LogP contribution in [0.15, 0.2) is 39.6 Å². The molecule has 18 heavy (non-hydrogen) atoms. The standard InChI is InChI=1S/C13H14O4S/c1-9-7-12(17-10(9)2)8-16-11-3-5-13(6-4-11)18(14)15/h3-7H,8H2,1-2H3,(H,14,15). The van der Waals surface area contributed by atoms with E-state index in [-0.39, 0.29) is 0 Å². The molecule has 2 rings (SSSR count). The minimum atomic E-state index is -1.95. The summed E-state index contributed by atoms with van der Waals surface area (Å²) in [7, 11) is 0. The lowest BCUT2D eigenvalue weighted by Gasteiger charge is -2.04. The van der Waals surface area contributed by atoms with E-state index in [9.17, 15) is 4.21 Å². The van der Waals surface area contributed by atoms with Crippen LogP contribution in [0.4, 0.5) is 0 Å². The first-order valence-corrected chi connectivity index (χ1v) is 6.56. The first-order valence-electron chi connectivity index (χ1n) is 5.46. The van der Waals surface area contributed by atoms with Gasteiger partial charge < -0.3 is 13.7 Å². The molecule has 0 aliphatic carbocycles. The second-order valence-corrected chi connectivity index (χ2v) is 4.93. The number of aryl methyl sites for hydroxylation is 2. The van der Waals surface area contributed by atoms with E-state index in [0.29, 0.717) is 17.3 Å². The molecule has 0 radical (unpaired) electrons. The molecule has 1 aromatic heterocycles. The van der Waals surface area contributed by atoms with E-state index in [0.717, 1.165) is 17.1 Å². The molecule has 0 aliphatic heterocycles. The molecule has 0 amide bonds. The molecule has 1 unspecified atom stereocenters. The van der Waals surface area contributed by atoms with Crippen LogP contribution in [0.3, 0.4) is 0 Å². The lowest BCUT2D eigenvalue weighted by molar-refractivity contribution is 0.267. The van der Waals surface area contributed by atoms with Gasteiger partial charge in [-0.25, -0.2) is 4.21 Å². The fourth-order valence-electron chi connectivity index (χ4n) is 1.53. The fourth-order valence-corrected chi connectivity index (χ4v) is 1.90. The molecule has 0 saturated heterocycles. The summed E-state index contributed by atoms with van der Waals surface area (Å²) in [6.07, 6.45) is 0. The van der Waals surface area contributed by atoms with Gasteiger partial charge in [-0.05, 0) is 49.7 Å². The van der Waals surface area contributed by atoms with Crippen LogP contribution in [0.1, 0.15) is 17.1 Å². The molecule has 96 valence electrons. The zero-order chi connectivity index (χ0) is 13.1. The highest BCUT2D eigenvalue weighted by Gasteiger charge is 2.05. The van der Waals surface area contributed by atoms with Crippen LogP contribution in [0.2, 0.25) is 0 Å². The van der Waals surface area contributed by atoms with Gasteiger partial charge >= 0.3 is 0 Å². The number of benzene rings is 1. The maximum atomic E-state index is 10.8. The highest BCUT2D eigenvalue weighted by atomic mass is 32.2. The third-order valence-electron chi connectivity index (χ3n) is 2.62. The monoisotopic (exact) mass is 266 g/mol. The van der Waals surface area contributed by atoms with Crippen LogP contribution < -0.4 is 4.74 Å². The fraction of sp³-hybridized carbons (Fsp3) is 0.231. The van der Waals surface area contributed by atoms with Crippen molar-refractivity contribution in [1.82, 2.24) is 0 Å². The number of hydrogen-bond acceptors (Lipinski definition) is 3. The predicted molar refractivity (Wildman–Crippen MR) is 68.0 cm³/mol. The minimum absolute atomic E-state index is 0.343. The number of furan rings is 1. The predicted octanol–water partition coefficient (Wildman–Crippen LogP) is 3.06. The van der Waals surface area contributed by atoms with Crippen molar-refractivity contribution in [2.75, 3.05) is 0 Å². The van der Waals surface area contributed by atoms with Crippen molar-refractivity contribution in [3.05, 3.63) is 47.4 Å². The van der Waals surface area contributed by atoms with E-state index < -0.39 is 11.1 Å². The molecule has 5 heteroatoms. The van der Waals surface area contributed by atoms with Gasteiger partial charge in [0, 0.05) is 0 Å².